The lowest BCUT2D eigenvalue weighted by atomic mass is 10.1. The predicted molar refractivity (Wildman–Crippen MR) is 76.5 cm³/mol. The third-order valence-electron chi connectivity index (χ3n) is 3.34. The standard InChI is InChI=1S/C15H21NO5/c1-4-20-15(18)14(17)10-5-6-12(19-3)13(7-10)21-11-8-16(2)9-11/h5-7,11,14,17H,4,8-9H2,1-3H3. The Morgan fingerprint density at radius 1 is 1.43 bits per heavy atom. The zero-order chi connectivity index (χ0) is 15.4. The largest absolute Gasteiger partial charge is 0.493 e. The zero-order valence-corrected chi connectivity index (χ0v) is 12.5. The second-order valence-corrected chi connectivity index (χ2v) is 5.03. The van der Waals surface area contributed by atoms with Gasteiger partial charge in [0, 0.05) is 13.1 Å². The molecule has 1 fully saturated rings. The molecule has 0 aromatic heterocycles. The van der Waals surface area contributed by atoms with Gasteiger partial charge in [0.25, 0.3) is 0 Å². The molecule has 6 nitrogen and oxygen atoms in total. The molecule has 1 saturated heterocycles. The van der Waals surface area contributed by atoms with Gasteiger partial charge in [-0.25, -0.2) is 4.79 Å². The third-order valence-corrected chi connectivity index (χ3v) is 3.34. The van der Waals surface area contributed by atoms with Gasteiger partial charge in [0.05, 0.1) is 13.7 Å². The topological polar surface area (TPSA) is 68.2 Å². The number of methoxy groups -OCH3 is 1. The maximum absolute atomic E-state index is 11.6. The fraction of sp³-hybridized carbons (Fsp3) is 0.533. The zero-order valence-electron chi connectivity index (χ0n) is 12.5. The molecule has 2 rings (SSSR count). The Balaban J connectivity index is 2.14. The number of hydrogen-bond acceptors (Lipinski definition) is 6. The molecule has 0 aliphatic carbocycles. The van der Waals surface area contributed by atoms with Gasteiger partial charge in [0.1, 0.15) is 6.10 Å². The lowest BCUT2D eigenvalue weighted by molar-refractivity contribution is -0.153. The van der Waals surface area contributed by atoms with E-state index in [0.29, 0.717) is 17.1 Å². The fourth-order valence-corrected chi connectivity index (χ4v) is 2.21. The number of hydrogen-bond donors (Lipinski definition) is 1. The SMILES string of the molecule is CCOC(=O)C(O)c1ccc(OC)c(OC2CN(C)C2)c1. The number of likely N-dealkylation sites (N-methyl/N-ethyl adjacent to an activating group) is 1. The molecule has 1 unspecified atom stereocenters. The molecule has 6 heteroatoms. The second kappa shape index (κ2) is 6.78. The molecule has 1 aromatic rings. The minimum absolute atomic E-state index is 0.0962. The summed E-state index contributed by atoms with van der Waals surface area (Å²) in [5.41, 5.74) is 0.428. The highest BCUT2D eigenvalue weighted by Crippen LogP contribution is 2.32. The smallest absolute Gasteiger partial charge is 0.339 e. The quantitative estimate of drug-likeness (QED) is 0.789. The van der Waals surface area contributed by atoms with Crippen LogP contribution in [0.15, 0.2) is 18.2 Å². The number of nitrogens with zero attached hydrogens (tertiary/aromatic N) is 1. The van der Waals surface area contributed by atoms with E-state index in [-0.39, 0.29) is 12.7 Å². The number of carbonyl (C=O) groups is 1. The number of ether oxygens (including phenoxy) is 3. The monoisotopic (exact) mass is 295 g/mol. The van der Waals surface area contributed by atoms with Crippen molar-refractivity contribution in [2.75, 3.05) is 33.9 Å². The van der Waals surface area contributed by atoms with Gasteiger partial charge in [-0.1, -0.05) is 6.07 Å². The molecule has 1 atom stereocenters. The summed E-state index contributed by atoms with van der Waals surface area (Å²) in [6.45, 7) is 3.60. The summed E-state index contributed by atoms with van der Waals surface area (Å²) in [6.07, 6.45) is -1.22. The van der Waals surface area contributed by atoms with Crippen molar-refractivity contribution in [3.8, 4) is 11.5 Å². The Labute approximate surface area is 124 Å². The Morgan fingerprint density at radius 3 is 2.71 bits per heavy atom. The van der Waals surface area contributed by atoms with Gasteiger partial charge in [-0.15, -0.1) is 0 Å². The highest BCUT2D eigenvalue weighted by Gasteiger charge is 2.27. The molecule has 21 heavy (non-hydrogen) atoms. The average molecular weight is 295 g/mol. The number of rotatable bonds is 6. The van der Waals surface area contributed by atoms with Crippen LogP contribution in [0.2, 0.25) is 0 Å². The Hall–Kier alpha value is -1.79. The lowest BCUT2D eigenvalue weighted by Crippen LogP contribution is -2.51. The van der Waals surface area contributed by atoms with Crippen LogP contribution in [0.3, 0.4) is 0 Å². The van der Waals surface area contributed by atoms with Gasteiger partial charge >= 0.3 is 5.97 Å². The van der Waals surface area contributed by atoms with Crippen molar-refractivity contribution in [1.82, 2.24) is 4.90 Å². The van der Waals surface area contributed by atoms with E-state index in [1.165, 1.54) is 0 Å². The third kappa shape index (κ3) is 3.65. The molecule has 0 saturated carbocycles. The van der Waals surface area contributed by atoms with Crippen molar-refractivity contribution < 1.29 is 24.1 Å². The van der Waals surface area contributed by atoms with Crippen LogP contribution < -0.4 is 9.47 Å². The second-order valence-electron chi connectivity index (χ2n) is 5.03. The van der Waals surface area contributed by atoms with Crippen LogP contribution in [0.1, 0.15) is 18.6 Å². The van der Waals surface area contributed by atoms with E-state index in [1.54, 1.807) is 32.2 Å². The highest BCUT2D eigenvalue weighted by molar-refractivity contribution is 5.76. The predicted octanol–water partition coefficient (Wildman–Crippen LogP) is 0.984. The van der Waals surface area contributed by atoms with Crippen molar-refractivity contribution in [1.29, 1.82) is 0 Å². The Morgan fingerprint density at radius 2 is 2.14 bits per heavy atom. The molecular weight excluding hydrogens is 274 g/mol. The lowest BCUT2D eigenvalue weighted by Gasteiger charge is -2.36. The Kier molecular flexibility index (Phi) is 5.03. The first kappa shape index (κ1) is 15.6. The number of aliphatic hydroxyl groups is 1. The molecule has 1 heterocycles. The van der Waals surface area contributed by atoms with E-state index in [4.69, 9.17) is 14.2 Å². The van der Waals surface area contributed by atoms with Crippen LogP contribution >= 0.6 is 0 Å². The van der Waals surface area contributed by atoms with E-state index in [0.717, 1.165) is 13.1 Å². The fourth-order valence-electron chi connectivity index (χ4n) is 2.21. The van der Waals surface area contributed by atoms with Gasteiger partial charge in [-0.05, 0) is 31.7 Å². The molecule has 0 amide bonds. The minimum Gasteiger partial charge on any atom is -0.493 e. The van der Waals surface area contributed by atoms with Gasteiger partial charge < -0.3 is 19.3 Å². The minimum atomic E-state index is -1.32. The summed E-state index contributed by atoms with van der Waals surface area (Å²) in [7, 11) is 3.56. The number of likely N-dealkylation sites (tertiary alicyclic amines) is 1. The molecule has 1 N–H and O–H groups in total. The normalized spacial score (nSPS) is 17.0. The van der Waals surface area contributed by atoms with Crippen molar-refractivity contribution >= 4 is 5.97 Å². The first-order chi connectivity index (χ1) is 10.0. The maximum Gasteiger partial charge on any atom is 0.339 e. The van der Waals surface area contributed by atoms with E-state index in [9.17, 15) is 9.90 Å². The summed E-state index contributed by atoms with van der Waals surface area (Å²) in [4.78, 5) is 13.7. The van der Waals surface area contributed by atoms with Crippen LogP contribution in [-0.2, 0) is 9.53 Å². The van der Waals surface area contributed by atoms with Gasteiger partial charge in [0.2, 0.25) is 0 Å². The maximum atomic E-state index is 11.6. The number of esters is 1. The average Bonchev–Trinajstić information content (AvgIpc) is 2.45. The molecule has 1 aromatic carbocycles. The summed E-state index contributed by atoms with van der Waals surface area (Å²) in [5, 5.41) is 9.98. The number of aliphatic hydroxyl groups excluding tert-OH is 1. The van der Waals surface area contributed by atoms with Crippen LogP contribution in [-0.4, -0.2) is 55.9 Å². The van der Waals surface area contributed by atoms with Gasteiger partial charge in [-0.3, -0.25) is 4.90 Å². The van der Waals surface area contributed by atoms with Crippen LogP contribution in [0.4, 0.5) is 0 Å². The summed E-state index contributed by atoms with van der Waals surface area (Å²) < 4.78 is 15.9. The van der Waals surface area contributed by atoms with E-state index in [1.807, 2.05) is 7.05 Å². The number of carbonyl (C=O) groups excluding carboxylic acids is 1. The van der Waals surface area contributed by atoms with Gasteiger partial charge in [0.15, 0.2) is 17.6 Å². The summed E-state index contributed by atoms with van der Waals surface area (Å²) in [5.74, 6) is 0.429. The molecule has 1 aliphatic heterocycles. The molecule has 0 spiro atoms. The van der Waals surface area contributed by atoms with E-state index in [2.05, 4.69) is 4.90 Å². The van der Waals surface area contributed by atoms with Crippen LogP contribution in [0.5, 0.6) is 11.5 Å². The molecule has 1 aliphatic rings. The van der Waals surface area contributed by atoms with Crippen LogP contribution in [0, 0.1) is 0 Å². The molecule has 0 bridgehead atoms. The summed E-state index contributed by atoms with van der Waals surface area (Å²) >= 11 is 0. The first-order valence-electron chi connectivity index (χ1n) is 6.93. The van der Waals surface area contributed by atoms with Crippen molar-refractivity contribution in [3.05, 3.63) is 23.8 Å². The van der Waals surface area contributed by atoms with E-state index >= 15 is 0 Å². The van der Waals surface area contributed by atoms with Crippen molar-refractivity contribution in [2.45, 2.75) is 19.1 Å². The van der Waals surface area contributed by atoms with Crippen molar-refractivity contribution in [3.63, 3.8) is 0 Å². The Bertz CT molecular complexity index is 499. The van der Waals surface area contributed by atoms with Crippen LogP contribution in [0.25, 0.3) is 0 Å². The first-order valence-corrected chi connectivity index (χ1v) is 6.93. The number of benzene rings is 1. The molecular formula is C15H21NO5. The molecule has 0 radical (unpaired) electrons. The summed E-state index contributed by atoms with van der Waals surface area (Å²) in [6, 6.07) is 4.93. The molecule has 116 valence electrons. The van der Waals surface area contributed by atoms with Gasteiger partial charge in [-0.2, -0.15) is 0 Å². The highest BCUT2D eigenvalue weighted by atomic mass is 16.5. The van der Waals surface area contributed by atoms with Crippen molar-refractivity contribution in [2.24, 2.45) is 0 Å². The van der Waals surface area contributed by atoms with E-state index < -0.39 is 12.1 Å².